The highest BCUT2D eigenvalue weighted by Crippen LogP contribution is 2.37. The molecule has 0 spiro atoms. The zero-order valence-corrected chi connectivity index (χ0v) is 32.2. The van der Waals surface area contributed by atoms with Crippen LogP contribution in [0.5, 0.6) is 11.5 Å². The SMILES string of the molecule is Nc1ncnc2c1c(-c1ccc(Oc3ccccc3)cc1)nn2C1CCN([C@H]2CCN(C3CN(c4ccc5c(c4)C(=O)N(C4CCC(=O)NC4=O)C5=O)C3)C[C@H]2F)CC1. The van der Waals surface area contributed by atoms with Crippen molar-refractivity contribution in [2.24, 2.45) is 0 Å². The Hall–Kier alpha value is -6.26. The molecule has 0 saturated carbocycles. The molecule has 3 atom stereocenters. The standard InChI is InChI=1S/C43H43FN10O5/c44-33-23-51(28-21-52(22-28)27-8-11-31-32(20-27)43(58)53(42(31)57)35-12-13-36(55)48-41(35)56)19-16-34(33)50-17-14-26(15-18-50)54-40-37(39(45)46-24-47-40)38(49-54)25-6-9-30(10-7-25)59-29-4-2-1-3-5-29/h1-11,20,24,26,28,33-35H,12-19,21-23H2,(H2,45,46,47)(H,48,55,56)/t33-,34+,35?/m1/s1. The second-order valence-corrected chi connectivity index (χ2v) is 16.1. The lowest BCUT2D eigenvalue weighted by Gasteiger charge is -2.51. The number of carbonyl (C=O) groups excluding carboxylic acids is 4. The third kappa shape index (κ3) is 6.65. The second-order valence-electron chi connectivity index (χ2n) is 16.1. The fraction of sp³-hybridized carbons (Fsp3) is 0.372. The molecule has 0 bridgehead atoms. The quantitative estimate of drug-likeness (QED) is 0.215. The molecule has 1 unspecified atom stereocenters. The van der Waals surface area contributed by atoms with Gasteiger partial charge in [-0.25, -0.2) is 19.0 Å². The highest BCUT2D eigenvalue weighted by molar-refractivity contribution is 6.23. The van der Waals surface area contributed by atoms with Crippen LogP contribution in [0.3, 0.4) is 0 Å². The van der Waals surface area contributed by atoms with Crippen LogP contribution in [0.1, 0.15) is 58.9 Å². The number of anilines is 2. The van der Waals surface area contributed by atoms with Crippen molar-refractivity contribution >= 4 is 46.2 Å². The highest BCUT2D eigenvalue weighted by atomic mass is 19.1. The molecule has 59 heavy (non-hydrogen) atoms. The first-order valence-electron chi connectivity index (χ1n) is 20.2. The molecule has 3 aromatic carbocycles. The van der Waals surface area contributed by atoms with Crippen LogP contribution in [-0.4, -0.2) is 122 Å². The van der Waals surface area contributed by atoms with Crippen LogP contribution in [0, 0.1) is 0 Å². The fourth-order valence-corrected chi connectivity index (χ4v) is 9.43. The number of imide groups is 2. The number of nitrogen functional groups attached to an aromatic ring is 1. The lowest BCUT2D eigenvalue weighted by atomic mass is 9.94. The first kappa shape index (κ1) is 37.0. The molecule has 0 radical (unpaired) electrons. The average Bonchev–Trinajstić information content (AvgIpc) is 3.73. The van der Waals surface area contributed by atoms with E-state index in [2.05, 4.69) is 30.0 Å². The number of para-hydroxylation sites is 1. The van der Waals surface area contributed by atoms with Crippen molar-refractivity contribution in [2.75, 3.05) is 49.9 Å². The van der Waals surface area contributed by atoms with E-state index in [9.17, 15) is 19.2 Å². The molecule has 302 valence electrons. The summed E-state index contributed by atoms with van der Waals surface area (Å²) in [5.41, 5.74) is 10.0. The predicted molar refractivity (Wildman–Crippen MR) is 216 cm³/mol. The fourth-order valence-electron chi connectivity index (χ4n) is 9.43. The Labute approximate surface area is 338 Å². The third-order valence-corrected chi connectivity index (χ3v) is 12.6. The molecule has 2 aromatic heterocycles. The van der Waals surface area contributed by atoms with Crippen molar-refractivity contribution in [3.05, 3.63) is 90.3 Å². The lowest BCUT2D eigenvalue weighted by Crippen LogP contribution is -2.64. The molecule has 15 nitrogen and oxygen atoms in total. The molecular formula is C43H43FN10O5. The van der Waals surface area contributed by atoms with Crippen LogP contribution in [0.2, 0.25) is 0 Å². The summed E-state index contributed by atoms with van der Waals surface area (Å²) < 4.78 is 24.0. The van der Waals surface area contributed by atoms with E-state index in [0.717, 1.165) is 60.8 Å². The number of carbonyl (C=O) groups is 4. The number of rotatable bonds is 8. The maximum absolute atomic E-state index is 16.0. The number of likely N-dealkylation sites (tertiary alicyclic amines) is 2. The molecule has 5 aromatic rings. The van der Waals surface area contributed by atoms with Gasteiger partial charge in [0.15, 0.2) is 5.65 Å². The number of benzene rings is 3. The number of fused-ring (bicyclic) bond motifs is 2. The second kappa shape index (κ2) is 14.8. The maximum Gasteiger partial charge on any atom is 0.262 e. The van der Waals surface area contributed by atoms with Gasteiger partial charge in [-0.2, -0.15) is 5.10 Å². The van der Waals surface area contributed by atoms with E-state index >= 15 is 4.39 Å². The Balaban J connectivity index is 0.745. The van der Waals surface area contributed by atoms with E-state index in [1.165, 1.54) is 6.33 Å². The molecule has 5 aliphatic heterocycles. The van der Waals surface area contributed by atoms with Crippen molar-refractivity contribution in [1.82, 2.24) is 39.8 Å². The Morgan fingerprint density at radius 2 is 1.49 bits per heavy atom. The van der Waals surface area contributed by atoms with Crippen molar-refractivity contribution in [3.63, 3.8) is 0 Å². The summed E-state index contributed by atoms with van der Waals surface area (Å²) in [6.45, 7) is 4.01. The average molecular weight is 799 g/mol. The Bertz CT molecular complexity index is 2470. The molecular weight excluding hydrogens is 756 g/mol. The van der Waals surface area contributed by atoms with Gasteiger partial charge >= 0.3 is 0 Å². The first-order valence-corrected chi connectivity index (χ1v) is 20.2. The maximum atomic E-state index is 16.0. The van der Waals surface area contributed by atoms with Gasteiger partial charge < -0.3 is 15.4 Å². The Morgan fingerprint density at radius 1 is 0.763 bits per heavy atom. The molecule has 4 fully saturated rings. The van der Waals surface area contributed by atoms with Gasteiger partial charge in [-0.15, -0.1) is 0 Å². The molecule has 3 N–H and O–H groups in total. The number of nitrogens with two attached hydrogens (primary N) is 1. The van der Waals surface area contributed by atoms with E-state index in [1.807, 2.05) is 65.3 Å². The van der Waals surface area contributed by atoms with E-state index < -0.39 is 35.8 Å². The van der Waals surface area contributed by atoms with Crippen molar-refractivity contribution < 1.29 is 28.3 Å². The molecule has 4 saturated heterocycles. The van der Waals surface area contributed by atoms with Crippen LogP contribution in [0.15, 0.2) is 79.1 Å². The molecule has 0 aliphatic carbocycles. The summed E-state index contributed by atoms with van der Waals surface area (Å²) in [6.07, 6.45) is 3.00. The Kier molecular flexibility index (Phi) is 9.32. The minimum Gasteiger partial charge on any atom is -0.457 e. The number of nitrogens with zero attached hydrogens (tertiary/aromatic N) is 8. The van der Waals surface area contributed by atoms with E-state index in [0.29, 0.717) is 47.9 Å². The zero-order chi connectivity index (χ0) is 40.4. The van der Waals surface area contributed by atoms with Gasteiger partial charge in [0.25, 0.3) is 11.8 Å². The number of alkyl halides is 1. The van der Waals surface area contributed by atoms with Crippen molar-refractivity contribution in [1.29, 1.82) is 0 Å². The summed E-state index contributed by atoms with van der Waals surface area (Å²) in [7, 11) is 0. The van der Waals surface area contributed by atoms with Gasteiger partial charge in [0, 0.05) is 69.0 Å². The van der Waals surface area contributed by atoms with Gasteiger partial charge in [0.2, 0.25) is 11.8 Å². The van der Waals surface area contributed by atoms with Crippen molar-refractivity contribution in [3.8, 4) is 22.8 Å². The van der Waals surface area contributed by atoms with Crippen LogP contribution in [0.25, 0.3) is 22.3 Å². The van der Waals surface area contributed by atoms with Gasteiger partial charge in [-0.3, -0.25) is 39.2 Å². The summed E-state index contributed by atoms with van der Waals surface area (Å²) in [6, 6.07) is 21.6. The van der Waals surface area contributed by atoms with Crippen LogP contribution in [-0.2, 0) is 9.59 Å². The van der Waals surface area contributed by atoms with Crippen LogP contribution < -0.4 is 20.7 Å². The van der Waals surface area contributed by atoms with Gasteiger partial charge in [-0.05, 0) is 80.3 Å². The smallest absolute Gasteiger partial charge is 0.262 e. The third-order valence-electron chi connectivity index (χ3n) is 12.6. The normalized spacial score (nSPS) is 23.4. The minimum absolute atomic E-state index is 0.0702. The summed E-state index contributed by atoms with van der Waals surface area (Å²) in [5.74, 6) is -0.250. The van der Waals surface area contributed by atoms with Crippen molar-refractivity contribution in [2.45, 2.75) is 62.4 Å². The topological polar surface area (TPSA) is 172 Å². The summed E-state index contributed by atoms with van der Waals surface area (Å²) in [5, 5.41) is 8.01. The lowest BCUT2D eigenvalue weighted by molar-refractivity contribution is -0.136. The number of nitrogens with one attached hydrogen (secondary N) is 1. The molecule has 10 rings (SSSR count). The number of piperidine rings is 3. The van der Waals surface area contributed by atoms with Crippen LogP contribution >= 0.6 is 0 Å². The van der Waals surface area contributed by atoms with Crippen LogP contribution in [0.4, 0.5) is 15.9 Å². The molecule has 7 heterocycles. The summed E-state index contributed by atoms with van der Waals surface area (Å²) >= 11 is 0. The number of amides is 4. The van der Waals surface area contributed by atoms with E-state index in [4.69, 9.17) is 15.6 Å². The van der Waals surface area contributed by atoms with Gasteiger partial charge in [-0.1, -0.05) is 18.2 Å². The molecule has 16 heteroatoms. The monoisotopic (exact) mass is 798 g/mol. The molecule has 4 amide bonds. The van der Waals surface area contributed by atoms with Gasteiger partial charge in [0.05, 0.1) is 22.6 Å². The minimum atomic E-state index is -1.00. The highest BCUT2D eigenvalue weighted by Gasteiger charge is 2.46. The van der Waals surface area contributed by atoms with E-state index in [-0.39, 0.29) is 42.1 Å². The number of hydrogen-bond donors (Lipinski definition) is 2. The number of hydrogen-bond acceptors (Lipinski definition) is 12. The van der Waals surface area contributed by atoms with E-state index in [1.54, 1.807) is 12.1 Å². The number of aromatic nitrogens is 4. The predicted octanol–water partition coefficient (Wildman–Crippen LogP) is 4.21. The Morgan fingerprint density at radius 3 is 2.24 bits per heavy atom. The summed E-state index contributed by atoms with van der Waals surface area (Å²) in [4.78, 5) is 67.1. The number of halogens is 1. The zero-order valence-electron chi connectivity index (χ0n) is 32.2. The first-order chi connectivity index (χ1) is 28.7. The van der Waals surface area contributed by atoms with Gasteiger partial charge in [0.1, 0.15) is 41.6 Å². The molecule has 5 aliphatic rings. The number of ether oxygens (including phenoxy) is 1. The largest absolute Gasteiger partial charge is 0.457 e.